The molecule has 2 aromatic rings. The van der Waals surface area contributed by atoms with Crippen LogP contribution in [0.15, 0.2) is 24.4 Å². The monoisotopic (exact) mass is 315 g/mol. The molecule has 0 aliphatic heterocycles. The molecule has 0 bridgehead atoms. The van der Waals surface area contributed by atoms with Crippen molar-refractivity contribution >= 4 is 5.97 Å². The van der Waals surface area contributed by atoms with E-state index < -0.39 is 0 Å². The number of pyridine rings is 1. The molecule has 0 N–H and O–H groups in total. The Morgan fingerprint density at radius 2 is 2.04 bits per heavy atom. The van der Waals surface area contributed by atoms with Crippen molar-refractivity contribution in [3.63, 3.8) is 0 Å². The first-order valence-electron chi connectivity index (χ1n) is 7.82. The average molecular weight is 315 g/mol. The molecular formula is C17H21N3O3. The number of carbonyl (C=O) groups excluding carboxylic acids is 1. The molecule has 2 atom stereocenters. The molecule has 0 spiro atoms. The summed E-state index contributed by atoms with van der Waals surface area (Å²) in [6, 6.07) is 5.48. The smallest absolute Gasteiger partial charge is 0.340 e. The van der Waals surface area contributed by atoms with E-state index in [2.05, 4.69) is 10.1 Å². The summed E-state index contributed by atoms with van der Waals surface area (Å²) < 4.78 is 12.6. The van der Waals surface area contributed by atoms with Crippen LogP contribution in [0.5, 0.6) is 0 Å². The van der Waals surface area contributed by atoms with E-state index in [4.69, 9.17) is 9.47 Å². The Kier molecular flexibility index (Phi) is 4.43. The lowest BCUT2D eigenvalue weighted by atomic mass is 10.2. The fourth-order valence-electron chi connectivity index (χ4n) is 2.99. The zero-order valence-electron chi connectivity index (χ0n) is 13.7. The number of nitrogens with zero attached hydrogens (tertiary/aromatic N) is 3. The predicted molar refractivity (Wildman–Crippen MR) is 84.7 cm³/mol. The van der Waals surface area contributed by atoms with E-state index in [-0.39, 0.29) is 18.2 Å². The summed E-state index contributed by atoms with van der Waals surface area (Å²) in [7, 11) is 1.65. The summed E-state index contributed by atoms with van der Waals surface area (Å²) in [6.07, 6.45) is 4.17. The highest BCUT2D eigenvalue weighted by molar-refractivity contribution is 5.89. The topological polar surface area (TPSA) is 66.2 Å². The molecule has 3 rings (SSSR count). The Labute approximate surface area is 135 Å². The van der Waals surface area contributed by atoms with Gasteiger partial charge in [0.15, 0.2) is 5.82 Å². The zero-order valence-corrected chi connectivity index (χ0v) is 13.7. The largest absolute Gasteiger partial charge is 0.456 e. The van der Waals surface area contributed by atoms with Gasteiger partial charge in [-0.05, 0) is 51.3 Å². The maximum absolute atomic E-state index is 12.2. The van der Waals surface area contributed by atoms with Crippen molar-refractivity contribution in [2.24, 2.45) is 0 Å². The molecule has 1 aliphatic rings. The SMILES string of the molecule is COC1CCCC1OC(=O)c1ccc(-n2nc(C)cc2C)nc1. The molecule has 23 heavy (non-hydrogen) atoms. The molecule has 2 aromatic heterocycles. The summed E-state index contributed by atoms with van der Waals surface area (Å²) in [5, 5.41) is 4.38. The number of ether oxygens (including phenoxy) is 2. The number of aryl methyl sites for hydroxylation is 2. The highest BCUT2D eigenvalue weighted by atomic mass is 16.6. The van der Waals surface area contributed by atoms with Gasteiger partial charge in [-0.2, -0.15) is 5.10 Å². The lowest BCUT2D eigenvalue weighted by Crippen LogP contribution is -2.27. The van der Waals surface area contributed by atoms with Crippen LogP contribution in [0.4, 0.5) is 0 Å². The summed E-state index contributed by atoms with van der Waals surface area (Å²) in [5.41, 5.74) is 2.37. The molecule has 122 valence electrons. The van der Waals surface area contributed by atoms with Crippen molar-refractivity contribution in [2.45, 2.75) is 45.3 Å². The third-order valence-corrected chi connectivity index (χ3v) is 4.16. The molecule has 6 nitrogen and oxygen atoms in total. The number of hydrogen-bond acceptors (Lipinski definition) is 5. The van der Waals surface area contributed by atoms with E-state index in [1.807, 2.05) is 19.9 Å². The third-order valence-electron chi connectivity index (χ3n) is 4.16. The van der Waals surface area contributed by atoms with E-state index in [1.54, 1.807) is 23.9 Å². The molecular weight excluding hydrogens is 294 g/mol. The first-order chi connectivity index (χ1) is 11.1. The van der Waals surface area contributed by atoms with Crippen LogP contribution in [-0.4, -0.2) is 40.1 Å². The van der Waals surface area contributed by atoms with Crippen LogP contribution in [0.3, 0.4) is 0 Å². The third kappa shape index (κ3) is 3.27. The van der Waals surface area contributed by atoms with Gasteiger partial charge >= 0.3 is 5.97 Å². The highest BCUT2D eigenvalue weighted by Crippen LogP contribution is 2.25. The van der Waals surface area contributed by atoms with Gasteiger partial charge in [0.2, 0.25) is 0 Å². The minimum atomic E-state index is -0.355. The second kappa shape index (κ2) is 6.50. The number of methoxy groups -OCH3 is 1. The second-order valence-electron chi connectivity index (χ2n) is 5.89. The lowest BCUT2D eigenvalue weighted by molar-refractivity contribution is -0.0207. The fraction of sp³-hybridized carbons (Fsp3) is 0.471. The average Bonchev–Trinajstić information content (AvgIpc) is 3.13. The molecule has 6 heteroatoms. The molecule has 1 saturated carbocycles. The Morgan fingerprint density at radius 3 is 2.65 bits per heavy atom. The minimum absolute atomic E-state index is 0.000816. The first kappa shape index (κ1) is 15.7. The lowest BCUT2D eigenvalue weighted by Gasteiger charge is -2.18. The number of carbonyl (C=O) groups is 1. The number of rotatable bonds is 4. The molecule has 0 amide bonds. The molecule has 1 aliphatic carbocycles. The Balaban J connectivity index is 1.72. The van der Waals surface area contributed by atoms with Crippen LogP contribution in [0, 0.1) is 13.8 Å². The first-order valence-corrected chi connectivity index (χ1v) is 7.82. The Bertz CT molecular complexity index is 694. The van der Waals surface area contributed by atoms with Crippen LogP contribution < -0.4 is 0 Å². The van der Waals surface area contributed by atoms with Crippen molar-refractivity contribution < 1.29 is 14.3 Å². The van der Waals surface area contributed by atoms with Gasteiger partial charge < -0.3 is 9.47 Å². The molecule has 0 aromatic carbocycles. The predicted octanol–water partition coefficient (Wildman–Crippen LogP) is 2.61. The minimum Gasteiger partial charge on any atom is -0.456 e. The summed E-state index contributed by atoms with van der Waals surface area (Å²) in [5.74, 6) is 0.328. The van der Waals surface area contributed by atoms with Crippen LogP contribution >= 0.6 is 0 Å². The van der Waals surface area contributed by atoms with E-state index in [0.717, 1.165) is 30.7 Å². The van der Waals surface area contributed by atoms with Crippen molar-refractivity contribution in [1.82, 2.24) is 14.8 Å². The van der Waals surface area contributed by atoms with Crippen molar-refractivity contribution in [2.75, 3.05) is 7.11 Å². The van der Waals surface area contributed by atoms with Gasteiger partial charge in [0.1, 0.15) is 6.10 Å². The van der Waals surface area contributed by atoms with Gasteiger partial charge in [-0.3, -0.25) is 0 Å². The van der Waals surface area contributed by atoms with Gasteiger partial charge in [0, 0.05) is 19.0 Å². The van der Waals surface area contributed by atoms with Gasteiger partial charge in [-0.1, -0.05) is 0 Å². The van der Waals surface area contributed by atoms with Crippen LogP contribution in [0.1, 0.15) is 41.0 Å². The van der Waals surface area contributed by atoms with Crippen molar-refractivity contribution in [1.29, 1.82) is 0 Å². The van der Waals surface area contributed by atoms with Crippen LogP contribution in [0.25, 0.3) is 5.82 Å². The molecule has 2 heterocycles. The summed E-state index contributed by atoms with van der Waals surface area (Å²) >= 11 is 0. The number of aromatic nitrogens is 3. The maximum atomic E-state index is 12.2. The second-order valence-corrected chi connectivity index (χ2v) is 5.89. The normalized spacial score (nSPS) is 20.7. The van der Waals surface area contributed by atoms with Gasteiger partial charge in [-0.15, -0.1) is 0 Å². The van der Waals surface area contributed by atoms with Gasteiger partial charge in [0.05, 0.1) is 17.4 Å². The van der Waals surface area contributed by atoms with Crippen LogP contribution in [0.2, 0.25) is 0 Å². The Morgan fingerprint density at radius 1 is 1.26 bits per heavy atom. The standard InChI is InChI=1S/C17H21N3O3/c1-11-9-12(2)20(19-11)16-8-7-13(10-18-16)17(21)23-15-6-4-5-14(15)22-3/h7-10,14-15H,4-6H2,1-3H3. The summed E-state index contributed by atoms with van der Waals surface area (Å²) in [4.78, 5) is 16.6. The van der Waals surface area contributed by atoms with Crippen molar-refractivity contribution in [3.8, 4) is 5.82 Å². The fourth-order valence-corrected chi connectivity index (χ4v) is 2.99. The van der Waals surface area contributed by atoms with E-state index >= 15 is 0 Å². The highest BCUT2D eigenvalue weighted by Gasteiger charge is 2.30. The maximum Gasteiger partial charge on any atom is 0.340 e. The van der Waals surface area contributed by atoms with E-state index in [9.17, 15) is 4.79 Å². The molecule has 2 unspecified atom stereocenters. The zero-order chi connectivity index (χ0) is 16.4. The quantitative estimate of drug-likeness (QED) is 0.811. The Hall–Kier alpha value is -2.21. The van der Waals surface area contributed by atoms with E-state index in [1.165, 1.54) is 6.20 Å². The van der Waals surface area contributed by atoms with E-state index in [0.29, 0.717) is 11.4 Å². The van der Waals surface area contributed by atoms with Crippen LogP contribution in [-0.2, 0) is 9.47 Å². The molecule has 1 fully saturated rings. The number of hydrogen-bond donors (Lipinski definition) is 0. The van der Waals surface area contributed by atoms with Crippen molar-refractivity contribution in [3.05, 3.63) is 41.3 Å². The van der Waals surface area contributed by atoms with Gasteiger partial charge in [0.25, 0.3) is 0 Å². The number of esters is 1. The van der Waals surface area contributed by atoms with Gasteiger partial charge in [-0.25, -0.2) is 14.5 Å². The summed E-state index contributed by atoms with van der Waals surface area (Å²) in [6.45, 7) is 3.90. The molecule has 0 radical (unpaired) electrons. The molecule has 0 saturated heterocycles.